The fourth-order valence-corrected chi connectivity index (χ4v) is 2.10. The summed E-state index contributed by atoms with van der Waals surface area (Å²) in [6.45, 7) is 12.0. The van der Waals surface area contributed by atoms with Crippen molar-refractivity contribution in [3.05, 3.63) is 0 Å². The first-order valence-electron chi connectivity index (χ1n) is 5.85. The summed E-state index contributed by atoms with van der Waals surface area (Å²) >= 11 is 0. The molecule has 0 spiro atoms. The summed E-state index contributed by atoms with van der Waals surface area (Å²) in [7, 11) is 0. The van der Waals surface area contributed by atoms with E-state index < -0.39 is 0 Å². The lowest BCUT2D eigenvalue weighted by Crippen LogP contribution is -2.35. The molecule has 1 N–H and O–H groups in total. The zero-order valence-electron chi connectivity index (χ0n) is 10.1. The highest BCUT2D eigenvalue weighted by Crippen LogP contribution is 2.29. The minimum absolute atomic E-state index is 0.145. The van der Waals surface area contributed by atoms with Gasteiger partial charge in [0.15, 0.2) is 0 Å². The predicted octanol–water partition coefficient (Wildman–Crippen LogP) is 2.13. The van der Waals surface area contributed by atoms with Crippen LogP contribution in [0.25, 0.3) is 0 Å². The van der Waals surface area contributed by atoms with Gasteiger partial charge in [-0.05, 0) is 24.3 Å². The van der Waals surface area contributed by atoms with E-state index in [2.05, 4.69) is 32.6 Å². The summed E-state index contributed by atoms with van der Waals surface area (Å²) in [5.74, 6) is 0.429. The number of aliphatic hydroxyl groups excluding tert-OH is 1. The number of hydrogen-bond donors (Lipinski definition) is 1. The summed E-state index contributed by atoms with van der Waals surface area (Å²) in [5, 5.41) is 9.91. The molecule has 0 aromatic rings. The first kappa shape index (κ1) is 12.0. The van der Waals surface area contributed by atoms with E-state index in [1.165, 1.54) is 6.42 Å². The average molecular weight is 199 g/mol. The van der Waals surface area contributed by atoms with Crippen LogP contribution in [0.2, 0.25) is 0 Å². The largest absolute Gasteiger partial charge is 0.392 e. The molecule has 84 valence electrons. The van der Waals surface area contributed by atoms with Crippen LogP contribution >= 0.6 is 0 Å². The zero-order valence-corrected chi connectivity index (χ0v) is 10.1. The standard InChI is InChI=1S/C12H25NO/c1-5-10(2)11(14)8-13-7-6-12(3,4)9-13/h10-11,14H,5-9H2,1-4H3. The van der Waals surface area contributed by atoms with E-state index in [0.717, 1.165) is 26.1 Å². The van der Waals surface area contributed by atoms with Crippen LogP contribution in [0.4, 0.5) is 0 Å². The van der Waals surface area contributed by atoms with Gasteiger partial charge in [-0.2, -0.15) is 0 Å². The Kier molecular flexibility index (Phi) is 3.96. The van der Waals surface area contributed by atoms with E-state index in [1.54, 1.807) is 0 Å². The molecule has 0 amide bonds. The van der Waals surface area contributed by atoms with Crippen molar-refractivity contribution in [2.75, 3.05) is 19.6 Å². The van der Waals surface area contributed by atoms with Gasteiger partial charge in [-0.3, -0.25) is 0 Å². The third kappa shape index (κ3) is 3.25. The molecule has 2 unspecified atom stereocenters. The molecule has 1 saturated heterocycles. The first-order chi connectivity index (χ1) is 6.44. The van der Waals surface area contributed by atoms with E-state index in [-0.39, 0.29) is 6.10 Å². The van der Waals surface area contributed by atoms with Crippen LogP contribution in [0, 0.1) is 11.3 Å². The Hall–Kier alpha value is -0.0800. The molecule has 1 rings (SSSR count). The molecule has 1 aliphatic rings. The minimum Gasteiger partial charge on any atom is -0.392 e. The second kappa shape index (κ2) is 4.63. The fourth-order valence-electron chi connectivity index (χ4n) is 2.10. The van der Waals surface area contributed by atoms with E-state index in [0.29, 0.717) is 11.3 Å². The Labute approximate surface area is 88.3 Å². The van der Waals surface area contributed by atoms with Gasteiger partial charge in [-0.25, -0.2) is 0 Å². The number of β-amino-alcohol motifs (C(OH)–C–C–N with tert-alkyl or cyclic N) is 1. The average Bonchev–Trinajstić information content (AvgIpc) is 2.44. The van der Waals surface area contributed by atoms with Crippen molar-refractivity contribution < 1.29 is 5.11 Å². The maximum Gasteiger partial charge on any atom is 0.0692 e. The van der Waals surface area contributed by atoms with Gasteiger partial charge in [-0.15, -0.1) is 0 Å². The third-order valence-corrected chi connectivity index (χ3v) is 3.50. The highest BCUT2D eigenvalue weighted by Gasteiger charge is 2.30. The van der Waals surface area contributed by atoms with Crippen LogP contribution in [0.1, 0.15) is 40.5 Å². The molecule has 0 aromatic heterocycles. The van der Waals surface area contributed by atoms with E-state index >= 15 is 0 Å². The molecule has 2 nitrogen and oxygen atoms in total. The molecule has 2 atom stereocenters. The smallest absolute Gasteiger partial charge is 0.0692 e. The van der Waals surface area contributed by atoms with Gasteiger partial charge in [-0.1, -0.05) is 34.1 Å². The molecular weight excluding hydrogens is 174 g/mol. The summed E-state index contributed by atoms with van der Waals surface area (Å²) in [4.78, 5) is 2.40. The zero-order chi connectivity index (χ0) is 10.8. The summed E-state index contributed by atoms with van der Waals surface area (Å²) in [5.41, 5.74) is 0.454. The Morgan fingerprint density at radius 2 is 2.07 bits per heavy atom. The van der Waals surface area contributed by atoms with Crippen LogP contribution in [0.3, 0.4) is 0 Å². The Morgan fingerprint density at radius 3 is 2.50 bits per heavy atom. The molecule has 1 heterocycles. The van der Waals surface area contributed by atoms with Gasteiger partial charge in [0.1, 0.15) is 0 Å². The lowest BCUT2D eigenvalue weighted by atomic mass is 9.93. The number of likely N-dealkylation sites (tertiary alicyclic amines) is 1. The van der Waals surface area contributed by atoms with Crippen molar-refractivity contribution in [1.29, 1.82) is 0 Å². The number of aliphatic hydroxyl groups is 1. The molecule has 1 aliphatic heterocycles. The highest BCUT2D eigenvalue weighted by molar-refractivity contribution is 4.84. The molecule has 0 bridgehead atoms. The van der Waals surface area contributed by atoms with Crippen LogP contribution in [0.5, 0.6) is 0 Å². The summed E-state index contributed by atoms with van der Waals surface area (Å²) in [6, 6.07) is 0. The van der Waals surface area contributed by atoms with Crippen molar-refractivity contribution in [2.45, 2.75) is 46.6 Å². The third-order valence-electron chi connectivity index (χ3n) is 3.50. The van der Waals surface area contributed by atoms with Gasteiger partial charge >= 0.3 is 0 Å². The summed E-state index contributed by atoms with van der Waals surface area (Å²) in [6.07, 6.45) is 2.19. The fraction of sp³-hybridized carbons (Fsp3) is 1.00. The topological polar surface area (TPSA) is 23.5 Å². The van der Waals surface area contributed by atoms with Crippen LogP contribution in [-0.4, -0.2) is 35.7 Å². The monoisotopic (exact) mass is 199 g/mol. The van der Waals surface area contributed by atoms with Crippen molar-refractivity contribution in [2.24, 2.45) is 11.3 Å². The number of nitrogens with zero attached hydrogens (tertiary/aromatic N) is 1. The maximum absolute atomic E-state index is 9.91. The Bertz CT molecular complexity index is 179. The number of rotatable bonds is 4. The minimum atomic E-state index is -0.145. The summed E-state index contributed by atoms with van der Waals surface area (Å²) < 4.78 is 0. The molecule has 0 radical (unpaired) electrons. The molecule has 0 saturated carbocycles. The lowest BCUT2D eigenvalue weighted by Gasteiger charge is -2.25. The van der Waals surface area contributed by atoms with Crippen molar-refractivity contribution >= 4 is 0 Å². The molecule has 1 fully saturated rings. The van der Waals surface area contributed by atoms with Crippen LogP contribution < -0.4 is 0 Å². The van der Waals surface area contributed by atoms with Gasteiger partial charge in [0, 0.05) is 13.1 Å². The van der Waals surface area contributed by atoms with E-state index in [1.807, 2.05) is 0 Å². The van der Waals surface area contributed by atoms with Crippen LogP contribution in [0.15, 0.2) is 0 Å². The Morgan fingerprint density at radius 1 is 1.43 bits per heavy atom. The molecular formula is C12H25NO. The quantitative estimate of drug-likeness (QED) is 0.749. The van der Waals surface area contributed by atoms with E-state index in [9.17, 15) is 5.11 Å². The molecule has 14 heavy (non-hydrogen) atoms. The highest BCUT2D eigenvalue weighted by atomic mass is 16.3. The molecule has 0 aromatic carbocycles. The van der Waals surface area contributed by atoms with Gasteiger partial charge in [0.2, 0.25) is 0 Å². The van der Waals surface area contributed by atoms with Gasteiger partial charge in [0.05, 0.1) is 6.10 Å². The number of hydrogen-bond acceptors (Lipinski definition) is 2. The Balaban J connectivity index is 2.32. The normalized spacial score (nSPS) is 26.4. The van der Waals surface area contributed by atoms with Crippen molar-refractivity contribution in [1.82, 2.24) is 4.90 Å². The second-order valence-corrected chi connectivity index (χ2v) is 5.60. The van der Waals surface area contributed by atoms with Crippen LogP contribution in [-0.2, 0) is 0 Å². The maximum atomic E-state index is 9.91. The first-order valence-corrected chi connectivity index (χ1v) is 5.85. The predicted molar refractivity (Wildman–Crippen MR) is 60.3 cm³/mol. The molecule has 0 aliphatic carbocycles. The van der Waals surface area contributed by atoms with Crippen molar-refractivity contribution in [3.63, 3.8) is 0 Å². The van der Waals surface area contributed by atoms with Crippen molar-refractivity contribution in [3.8, 4) is 0 Å². The lowest BCUT2D eigenvalue weighted by molar-refractivity contribution is 0.0739. The second-order valence-electron chi connectivity index (χ2n) is 5.60. The van der Waals surface area contributed by atoms with Gasteiger partial charge < -0.3 is 10.0 Å². The van der Waals surface area contributed by atoms with E-state index in [4.69, 9.17) is 0 Å². The molecule has 2 heteroatoms. The van der Waals surface area contributed by atoms with Gasteiger partial charge in [0.25, 0.3) is 0 Å². The SMILES string of the molecule is CCC(C)C(O)CN1CCC(C)(C)C1.